The van der Waals surface area contributed by atoms with Crippen molar-refractivity contribution in [2.24, 2.45) is 0 Å². The van der Waals surface area contributed by atoms with E-state index >= 15 is 0 Å². The molecule has 0 radical (unpaired) electrons. The Bertz CT molecular complexity index is 2380. The summed E-state index contributed by atoms with van der Waals surface area (Å²) < 4.78 is 6.35. The van der Waals surface area contributed by atoms with Gasteiger partial charge in [-0.1, -0.05) is 78.9 Å². The van der Waals surface area contributed by atoms with Crippen LogP contribution in [0.25, 0.3) is 55.2 Å². The molecule has 3 heterocycles. The van der Waals surface area contributed by atoms with Gasteiger partial charge in [-0.25, -0.2) is 19.9 Å². The van der Waals surface area contributed by atoms with Crippen LogP contribution < -0.4 is 9.64 Å². The van der Waals surface area contributed by atoms with Crippen LogP contribution in [-0.2, 0) is 0 Å². The zero-order valence-electron chi connectivity index (χ0n) is 24.6. The first-order valence-corrected chi connectivity index (χ1v) is 15.1. The predicted molar refractivity (Wildman–Crippen MR) is 184 cm³/mol. The van der Waals surface area contributed by atoms with Crippen LogP contribution in [-0.4, -0.2) is 19.9 Å². The average molecular weight is 592 g/mol. The fraction of sp³-hybridized carbons (Fsp3) is 0. The average Bonchev–Trinajstić information content (AvgIpc) is 3.13. The largest absolute Gasteiger partial charge is 0.453 e. The fourth-order valence-electron chi connectivity index (χ4n) is 6.53. The zero-order valence-corrected chi connectivity index (χ0v) is 24.6. The van der Waals surface area contributed by atoms with Crippen molar-refractivity contribution < 1.29 is 4.74 Å². The van der Waals surface area contributed by atoms with Crippen LogP contribution in [0.4, 0.5) is 17.1 Å². The van der Waals surface area contributed by atoms with E-state index in [9.17, 15) is 0 Å². The van der Waals surface area contributed by atoms with Gasteiger partial charge in [0.2, 0.25) is 0 Å². The molecule has 6 heteroatoms. The SMILES string of the molecule is c1ccc2c(c1)Oc1ccccc1N2c1ccccc1-c1ccc(-c2cccc3ncncc23)cc1-c1cccc2ncncc12. The van der Waals surface area contributed by atoms with Gasteiger partial charge in [0.15, 0.2) is 11.5 Å². The Morgan fingerprint density at radius 2 is 1.00 bits per heavy atom. The highest BCUT2D eigenvalue weighted by molar-refractivity contribution is 6.04. The minimum atomic E-state index is 0.816. The minimum absolute atomic E-state index is 0.816. The molecule has 0 saturated carbocycles. The van der Waals surface area contributed by atoms with E-state index in [1.807, 2.05) is 54.9 Å². The molecule has 1 aliphatic heterocycles. The first-order chi connectivity index (χ1) is 22.8. The van der Waals surface area contributed by atoms with Crippen molar-refractivity contribution in [2.45, 2.75) is 0 Å². The summed E-state index contributed by atoms with van der Waals surface area (Å²) in [7, 11) is 0. The van der Waals surface area contributed by atoms with Gasteiger partial charge in [-0.05, 0) is 76.3 Å². The molecule has 0 N–H and O–H groups in total. The molecule has 0 aliphatic carbocycles. The number of rotatable bonds is 4. The van der Waals surface area contributed by atoms with E-state index in [-0.39, 0.29) is 0 Å². The molecule has 6 aromatic carbocycles. The maximum Gasteiger partial charge on any atom is 0.151 e. The topological polar surface area (TPSA) is 64.0 Å². The zero-order chi connectivity index (χ0) is 30.5. The second kappa shape index (κ2) is 10.6. The summed E-state index contributed by atoms with van der Waals surface area (Å²) in [5, 5.41) is 2.00. The number of fused-ring (bicyclic) bond motifs is 4. The number of aromatic nitrogens is 4. The highest BCUT2D eigenvalue weighted by Gasteiger charge is 2.28. The summed E-state index contributed by atoms with van der Waals surface area (Å²) >= 11 is 0. The van der Waals surface area contributed by atoms with Crippen LogP contribution in [0.3, 0.4) is 0 Å². The Balaban J connectivity index is 1.32. The molecule has 8 aromatic rings. The van der Waals surface area contributed by atoms with Crippen LogP contribution in [0.2, 0.25) is 0 Å². The third-order valence-corrected chi connectivity index (χ3v) is 8.59. The minimum Gasteiger partial charge on any atom is -0.453 e. The number of hydrogen-bond donors (Lipinski definition) is 0. The molecule has 0 atom stereocenters. The standard InChI is InChI=1S/C40H25N5O/c1-2-14-36(45-37-15-3-5-17-39(37)46-40-18-6-4-16-38(40)45)30(9-1)29-20-19-26(27-10-7-12-34-32(27)22-41-24-43-34)21-31(29)28-11-8-13-35-33(28)23-42-25-44-35/h1-25H. The van der Waals surface area contributed by atoms with Gasteiger partial charge >= 0.3 is 0 Å². The highest BCUT2D eigenvalue weighted by atomic mass is 16.5. The molecule has 0 fully saturated rings. The molecule has 216 valence electrons. The van der Waals surface area contributed by atoms with Gasteiger partial charge < -0.3 is 9.64 Å². The van der Waals surface area contributed by atoms with Gasteiger partial charge in [-0.3, -0.25) is 0 Å². The number of anilines is 3. The summed E-state index contributed by atoms with van der Waals surface area (Å²) in [6.07, 6.45) is 6.98. The molecule has 1 aliphatic rings. The molecular formula is C40H25N5O. The van der Waals surface area contributed by atoms with E-state index in [1.165, 1.54) is 0 Å². The fourth-order valence-corrected chi connectivity index (χ4v) is 6.53. The van der Waals surface area contributed by atoms with Gasteiger partial charge in [0.1, 0.15) is 12.7 Å². The second-order valence-electron chi connectivity index (χ2n) is 11.2. The molecule has 0 spiro atoms. The lowest BCUT2D eigenvalue weighted by molar-refractivity contribution is 0.477. The Morgan fingerprint density at radius 3 is 1.70 bits per heavy atom. The first kappa shape index (κ1) is 26.0. The Kier molecular flexibility index (Phi) is 6.03. The molecule has 0 bridgehead atoms. The molecule has 9 rings (SSSR count). The Morgan fingerprint density at radius 1 is 0.435 bits per heavy atom. The maximum atomic E-state index is 6.35. The molecule has 46 heavy (non-hydrogen) atoms. The molecule has 0 saturated heterocycles. The smallest absolute Gasteiger partial charge is 0.151 e. The van der Waals surface area contributed by atoms with Gasteiger partial charge in [-0.2, -0.15) is 0 Å². The number of hydrogen-bond acceptors (Lipinski definition) is 6. The van der Waals surface area contributed by atoms with E-state index < -0.39 is 0 Å². The third-order valence-electron chi connectivity index (χ3n) is 8.59. The first-order valence-electron chi connectivity index (χ1n) is 15.1. The van der Waals surface area contributed by atoms with Crippen LogP contribution >= 0.6 is 0 Å². The van der Waals surface area contributed by atoms with E-state index in [4.69, 9.17) is 4.74 Å². The summed E-state index contributed by atoms with van der Waals surface area (Å²) in [5.41, 5.74) is 11.3. The normalized spacial score (nSPS) is 12.0. The monoisotopic (exact) mass is 591 g/mol. The molecule has 0 unspecified atom stereocenters. The summed E-state index contributed by atoms with van der Waals surface area (Å²) in [6.45, 7) is 0. The van der Waals surface area contributed by atoms with E-state index in [1.54, 1.807) is 12.7 Å². The lowest BCUT2D eigenvalue weighted by atomic mass is 9.88. The van der Waals surface area contributed by atoms with Gasteiger partial charge in [0.25, 0.3) is 0 Å². The molecule has 0 amide bonds. The lowest BCUT2D eigenvalue weighted by Gasteiger charge is -2.34. The summed E-state index contributed by atoms with van der Waals surface area (Å²) in [5.74, 6) is 1.63. The van der Waals surface area contributed by atoms with Crippen molar-refractivity contribution >= 4 is 38.9 Å². The lowest BCUT2D eigenvalue weighted by Crippen LogP contribution is -2.16. The van der Waals surface area contributed by atoms with Crippen LogP contribution in [0, 0.1) is 0 Å². The number of nitrogens with zero attached hydrogens (tertiary/aromatic N) is 5. The van der Waals surface area contributed by atoms with Gasteiger partial charge in [0.05, 0.1) is 28.1 Å². The Hall–Kier alpha value is -6.40. The van der Waals surface area contributed by atoms with Crippen LogP contribution in [0.15, 0.2) is 152 Å². The van der Waals surface area contributed by atoms with E-state index in [0.717, 1.165) is 83.7 Å². The molecular weight excluding hydrogens is 566 g/mol. The van der Waals surface area contributed by atoms with Crippen LogP contribution in [0.1, 0.15) is 0 Å². The van der Waals surface area contributed by atoms with Crippen molar-refractivity contribution in [1.82, 2.24) is 19.9 Å². The van der Waals surface area contributed by atoms with Crippen molar-refractivity contribution in [3.8, 4) is 44.9 Å². The Labute approximate surface area is 265 Å². The summed E-state index contributed by atoms with van der Waals surface area (Å²) in [4.78, 5) is 20.2. The van der Waals surface area contributed by atoms with Crippen molar-refractivity contribution in [1.29, 1.82) is 0 Å². The third kappa shape index (κ3) is 4.19. The van der Waals surface area contributed by atoms with Crippen molar-refractivity contribution in [3.63, 3.8) is 0 Å². The maximum absolute atomic E-state index is 6.35. The highest BCUT2D eigenvalue weighted by Crippen LogP contribution is 2.53. The van der Waals surface area contributed by atoms with Crippen molar-refractivity contribution in [2.75, 3.05) is 4.90 Å². The van der Waals surface area contributed by atoms with Crippen LogP contribution in [0.5, 0.6) is 11.5 Å². The number of benzene rings is 6. The van der Waals surface area contributed by atoms with E-state index in [0.29, 0.717) is 0 Å². The second-order valence-corrected chi connectivity index (χ2v) is 11.2. The summed E-state index contributed by atoms with van der Waals surface area (Å²) in [6, 6.07) is 44.1. The molecule has 6 nitrogen and oxygen atoms in total. The van der Waals surface area contributed by atoms with Crippen molar-refractivity contribution in [3.05, 3.63) is 152 Å². The molecule has 2 aromatic heterocycles. The number of para-hydroxylation sites is 5. The quantitative estimate of drug-likeness (QED) is 0.203. The van der Waals surface area contributed by atoms with E-state index in [2.05, 4.69) is 110 Å². The van der Waals surface area contributed by atoms with Gasteiger partial charge in [0, 0.05) is 28.7 Å². The number of ether oxygens (including phenoxy) is 1. The predicted octanol–water partition coefficient (Wildman–Crippen LogP) is 10.1. The van der Waals surface area contributed by atoms with Gasteiger partial charge in [-0.15, -0.1) is 0 Å².